The first kappa shape index (κ1) is 12.7. The van der Waals surface area contributed by atoms with Crippen LogP contribution in [0.1, 0.15) is 12.8 Å². The Morgan fingerprint density at radius 2 is 1.92 bits per heavy atom. The van der Waals surface area contributed by atoms with Crippen molar-refractivity contribution in [3.63, 3.8) is 0 Å². The molecule has 5 heteroatoms. The highest BCUT2D eigenvalue weighted by atomic mass is 35.5. The van der Waals surface area contributed by atoms with Gasteiger partial charge in [-0.15, -0.1) is 12.4 Å². The minimum atomic E-state index is -0.766. The minimum absolute atomic E-state index is 0. The van der Waals surface area contributed by atoms with Crippen LogP contribution in [0.15, 0.2) is 0 Å². The lowest BCUT2D eigenvalue weighted by Crippen LogP contribution is -2.38. The number of aliphatic hydroxyl groups is 1. The quantitative estimate of drug-likeness (QED) is 0.697. The van der Waals surface area contributed by atoms with Gasteiger partial charge >= 0.3 is 5.97 Å². The molecule has 0 aromatic rings. The van der Waals surface area contributed by atoms with E-state index in [4.69, 9.17) is 10.2 Å². The van der Waals surface area contributed by atoms with Crippen LogP contribution in [-0.4, -0.2) is 47.3 Å². The van der Waals surface area contributed by atoms with E-state index in [1.165, 1.54) is 0 Å². The lowest BCUT2D eigenvalue weighted by Gasteiger charge is -2.29. The zero-order valence-electron chi connectivity index (χ0n) is 7.48. The molecule has 13 heavy (non-hydrogen) atoms. The highest BCUT2D eigenvalue weighted by Gasteiger charge is 2.19. The van der Waals surface area contributed by atoms with E-state index in [1.807, 2.05) is 4.90 Å². The molecule has 1 heterocycles. The van der Waals surface area contributed by atoms with Gasteiger partial charge in [-0.3, -0.25) is 9.69 Å². The Kier molecular flexibility index (Phi) is 6.03. The van der Waals surface area contributed by atoms with Crippen LogP contribution in [-0.2, 0) is 4.79 Å². The minimum Gasteiger partial charge on any atom is -0.480 e. The molecule has 1 aliphatic heterocycles. The van der Waals surface area contributed by atoms with Crippen LogP contribution in [0, 0.1) is 5.92 Å². The predicted molar refractivity (Wildman–Crippen MR) is 51.1 cm³/mol. The summed E-state index contributed by atoms with van der Waals surface area (Å²) in [6.07, 6.45) is 1.84. The van der Waals surface area contributed by atoms with Gasteiger partial charge in [0.15, 0.2) is 0 Å². The van der Waals surface area contributed by atoms with Crippen LogP contribution in [0.3, 0.4) is 0 Å². The van der Waals surface area contributed by atoms with Crippen molar-refractivity contribution in [1.82, 2.24) is 4.90 Å². The van der Waals surface area contributed by atoms with Gasteiger partial charge in [0.05, 0.1) is 6.54 Å². The highest BCUT2D eigenvalue weighted by molar-refractivity contribution is 5.85. The lowest BCUT2D eigenvalue weighted by atomic mass is 9.98. The molecule has 1 fully saturated rings. The number of rotatable bonds is 3. The molecule has 0 radical (unpaired) electrons. The summed E-state index contributed by atoms with van der Waals surface area (Å²) >= 11 is 0. The molecule has 0 aromatic carbocycles. The summed E-state index contributed by atoms with van der Waals surface area (Å²) < 4.78 is 0. The van der Waals surface area contributed by atoms with Crippen molar-refractivity contribution in [2.24, 2.45) is 5.92 Å². The topological polar surface area (TPSA) is 60.8 Å². The number of hydrogen-bond acceptors (Lipinski definition) is 3. The fraction of sp³-hybridized carbons (Fsp3) is 0.875. The standard InChI is InChI=1S/C8H15NO3.ClH/c10-6-7-1-3-9(4-2-7)5-8(11)12;/h7,10H,1-6H2,(H,11,12);1H. The predicted octanol–water partition coefficient (Wildman–Crippen LogP) is 0.197. The van der Waals surface area contributed by atoms with Gasteiger partial charge in [-0.25, -0.2) is 0 Å². The molecule has 0 unspecified atom stereocenters. The van der Waals surface area contributed by atoms with Crippen molar-refractivity contribution in [3.8, 4) is 0 Å². The Bertz CT molecular complexity index is 157. The average molecular weight is 210 g/mol. The van der Waals surface area contributed by atoms with E-state index >= 15 is 0 Å². The number of aliphatic carboxylic acids is 1. The number of likely N-dealkylation sites (tertiary alicyclic amines) is 1. The Morgan fingerprint density at radius 1 is 1.38 bits per heavy atom. The second kappa shape index (κ2) is 6.18. The van der Waals surface area contributed by atoms with Crippen LogP contribution in [0.5, 0.6) is 0 Å². The van der Waals surface area contributed by atoms with E-state index in [2.05, 4.69) is 0 Å². The molecular formula is C8H16ClNO3. The lowest BCUT2D eigenvalue weighted by molar-refractivity contribution is -0.138. The monoisotopic (exact) mass is 209 g/mol. The molecule has 0 spiro atoms. The molecule has 1 rings (SSSR count). The van der Waals surface area contributed by atoms with Gasteiger partial charge in [0.25, 0.3) is 0 Å². The van der Waals surface area contributed by atoms with Gasteiger partial charge in [0.1, 0.15) is 0 Å². The first-order valence-corrected chi connectivity index (χ1v) is 4.27. The molecule has 0 saturated carbocycles. The Labute approximate surface area is 84.0 Å². The van der Waals surface area contributed by atoms with Gasteiger partial charge in [-0.05, 0) is 31.8 Å². The van der Waals surface area contributed by atoms with Crippen molar-refractivity contribution in [2.45, 2.75) is 12.8 Å². The van der Waals surface area contributed by atoms with Crippen molar-refractivity contribution >= 4 is 18.4 Å². The van der Waals surface area contributed by atoms with Crippen LogP contribution in [0.2, 0.25) is 0 Å². The molecular weight excluding hydrogens is 194 g/mol. The number of halogens is 1. The molecule has 1 saturated heterocycles. The van der Waals surface area contributed by atoms with Crippen molar-refractivity contribution in [3.05, 3.63) is 0 Å². The molecule has 1 aliphatic rings. The Morgan fingerprint density at radius 3 is 2.31 bits per heavy atom. The summed E-state index contributed by atoms with van der Waals surface area (Å²) in [4.78, 5) is 12.2. The second-order valence-electron chi connectivity index (χ2n) is 3.30. The van der Waals surface area contributed by atoms with Gasteiger partial charge in [-0.1, -0.05) is 0 Å². The van der Waals surface area contributed by atoms with Gasteiger partial charge in [0, 0.05) is 6.61 Å². The Balaban J connectivity index is 0.00000144. The molecule has 4 nitrogen and oxygen atoms in total. The third kappa shape index (κ3) is 4.45. The molecule has 2 N–H and O–H groups in total. The number of piperidine rings is 1. The number of aliphatic hydroxyl groups excluding tert-OH is 1. The number of carboxylic acid groups (broad SMARTS) is 1. The van der Waals surface area contributed by atoms with E-state index in [1.54, 1.807) is 0 Å². The summed E-state index contributed by atoms with van der Waals surface area (Å²) in [6.45, 7) is 1.98. The summed E-state index contributed by atoms with van der Waals surface area (Å²) in [5.74, 6) is -0.382. The number of carboxylic acids is 1. The second-order valence-corrected chi connectivity index (χ2v) is 3.30. The SMILES string of the molecule is Cl.O=C(O)CN1CCC(CO)CC1. The largest absolute Gasteiger partial charge is 0.480 e. The smallest absolute Gasteiger partial charge is 0.317 e. The first-order chi connectivity index (χ1) is 5.72. The van der Waals surface area contributed by atoms with Crippen molar-refractivity contribution < 1.29 is 15.0 Å². The van der Waals surface area contributed by atoms with Crippen LogP contribution < -0.4 is 0 Å². The fourth-order valence-corrected chi connectivity index (χ4v) is 1.52. The van der Waals surface area contributed by atoms with E-state index in [0.717, 1.165) is 25.9 Å². The first-order valence-electron chi connectivity index (χ1n) is 4.27. The number of hydrogen-bond donors (Lipinski definition) is 2. The van der Waals surface area contributed by atoms with Crippen molar-refractivity contribution in [1.29, 1.82) is 0 Å². The molecule has 0 aromatic heterocycles. The van der Waals surface area contributed by atoms with Gasteiger partial charge in [-0.2, -0.15) is 0 Å². The number of nitrogens with zero attached hydrogens (tertiary/aromatic N) is 1. The van der Waals surface area contributed by atoms with E-state index in [0.29, 0.717) is 5.92 Å². The zero-order valence-corrected chi connectivity index (χ0v) is 8.29. The maximum absolute atomic E-state index is 10.3. The summed E-state index contributed by atoms with van der Waals surface area (Å²) in [6, 6.07) is 0. The van der Waals surface area contributed by atoms with Crippen LogP contribution in [0.25, 0.3) is 0 Å². The molecule has 0 aliphatic carbocycles. The maximum Gasteiger partial charge on any atom is 0.317 e. The highest BCUT2D eigenvalue weighted by Crippen LogP contribution is 2.15. The van der Waals surface area contributed by atoms with Gasteiger partial charge in [0.2, 0.25) is 0 Å². The Hall–Kier alpha value is -0.320. The molecule has 0 bridgehead atoms. The third-order valence-corrected chi connectivity index (χ3v) is 2.32. The summed E-state index contributed by atoms with van der Waals surface area (Å²) in [7, 11) is 0. The molecule has 78 valence electrons. The van der Waals surface area contributed by atoms with E-state index in [-0.39, 0.29) is 25.6 Å². The maximum atomic E-state index is 10.3. The van der Waals surface area contributed by atoms with E-state index < -0.39 is 5.97 Å². The average Bonchev–Trinajstić information content (AvgIpc) is 2.05. The molecule has 0 atom stereocenters. The summed E-state index contributed by atoms with van der Waals surface area (Å²) in [5.41, 5.74) is 0. The number of carbonyl (C=O) groups is 1. The van der Waals surface area contributed by atoms with Crippen LogP contribution in [0.4, 0.5) is 0 Å². The molecule has 0 amide bonds. The fourth-order valence-electron chi connectivity index (χ4n) is 1.52. The van der Waals surface area contributed by atoms with Gasteiger partial charge < -0.3 is 10.2 Å². The third-order valence-electron chi connectivity index (χ3n) is 2.32. The van der Waals surface area contributed by atoms with Crippen LogP contribution >= 0.6 is 12.4 Å². The summed E-state index contributed by atoms with van der Waals surface area (Å²) in [5, 5.41) is 17.3. The van der Waals surface area contributed by atoms with E-state index in [9.17, 15) is 4.79 Å². The zero-order chi connectivity index (χ0) is 8.97. The normalized spacial score (nSPS) is 19.5. The van der Waals surface area contributed by atoms with Crippen molar-refractivity contribution in [2.75, 3.05) is 26.2 Å².